The van der Waals surface area contributed by atoms with Gasteiger partial charge in [-0.05, 0) is 46.9 Å². The molecule has 0 radical (unpaired) electrons. The van der Waals surface area contributed by atoms with Crippen LogP contribution in [0.1, 0.15) is 62.3 Å². The number of hydrogen-bond acceptors (Lipinski definition) is 2. The number of carbonyl (C=O) groups excluding carboxylic acids is 2. The Kier molecular flexibility index (Phi) is 4.21. The average Bonchev–Trinajstić information content (AvgIpc) is 2.87. The van der Waals surface area contributed by atoms with Gasteiger partial charge in [0.15, 0.2) is 0 Å². The molecule has 1 fully saturated rings. The van der Waals surface area contributed by atoms with Gasteiger partial charge in [-0.2, -0.15) is 0 Å². The molecule has 1 aliphatic heterocycles. The van der Waals surface area contributed by atoms with Gasteiger partial charge in [0, 0.05) is 6.42 Å². The maximum Gasteiger partial charge on any atom is 0.240 e. The third-order valence-electron chi connectivity index (χ3n) is 6.15. The van der Waals surface area contributed by atoms with E-state index in [1.165, 1.54) is 16.0 Å². The fourth-order valence-corrected chi connectivity index (χ4v) is 4.58. The first-order valence-electron chi connectivity index (χ1n) is 9.84. The first-order valence-corrected chi connectivity index (χ1v) is 9.84. The van der Waals surface area contributed by atoms with Crippen LogP contribution < -0.4 is 0 Å². The maximum atomic E-state index is 13.4. The van der Waals surface area contributed by atoms with Crippen molar-refractivity contribution in [3.63, 3.8) is 0 Å². The molecule has 1 atom stereocenters. The lowest BCUT2D eigenvalue weighted by Gasteiger charge is -2.33. The van der Waals surface area contributed by atoms with Crippen LogP contribution in [0.4, 0.5) is 0 Å². The summed E-state index contributed by atoms with van der Waals surface area (Å²) in [5.41, 5.74) is 4.00. The van der Waals surface area contributed by atoms with Crippen molar-refractivity contribution in [2.75, 3.05) is 0 Å². The van der Waals surface area contributed by atoms with Crippen LogP contribution in [0, 0.1) is 0 Å². The minimum absolute atomic E-state index is 0.0143. The van der Waals surface area contributed by atoms with E-state index in [4.69, 9.17) is 0 Å². The Hall–Kier alpha value is -2.42. The quantitative estimate of drug-likeness (QED) is 0.738. The molecule has 0 bridgehead atoms. The van der Waals surface area contributed by atoms with E-state index in [1.54, 1.807) is 0 Å². The highest BCUT2D eigenvalue weighted by Crippen LogP contribution is 2.45. The fourth-order valence-electron chi connectivity index (χ4n) is 4.58. The van der Waals surface area contributed by atoms with Crippen molar-refractivity contribution in [3.05, 3.63) is 70.8 Å². The molecule has 3 nitrogen and oxygen atoms in total. The Bertz CT molecular complexity index is 891. The van der Waals surface area contributed by atoms with Crippen LogP contribution in [0.5, 0.6) is 0 Å². The van der Waals surface area contributed by atoms with Gasteiger partial charge >= 0.3 is 0 Å². The zero-order valence-corrected chi connectivity index (χ0v) is 16.4. The largest absolute Gasteiger partial charge is 0.277 e. The summed E-state index contributed by atoms with van der Waals surface area (Å²) in [5.74, 6) is -0.0591. The highest BCUT2D eigenvalue weighted by atomic mass is 16.2. The van der Waals surface area contributed by atoms with Gasteiger partial charge in [-0.3, -0.25) is 14.5 Å². The Morgan fingerprint density at radius 3 is 2.41 bits per heavy atom. The molecule has 1 spiro atoms. The van der Waals surface area contributed by atoms with Crippen molar-refractivity contribution in [2.45, 2.75) is 63.8 Å². The number of rotatable bonds is 2. The summed E-state index contributed by atoms with van der Waals surface area (Å²) in [6.45, 7) is 6.91. The van der Waals surface area contributed by atoms with E-state index in [-0.39, 0.29) is 17.2 Å². The van der Waals surface area contributed by atoms with Gasteiger partial charge in [-0.15, -0.1) is 0 Å². The van der Waals surface area contributed by atoms with Crippen LogP contribution >= 0.6 is 0 Å². The summed E-state index contributed by atoms with van der Waals surface area (Å²) in [5, 5.41) is 0. The van der Waals surface area contributed by atoms with E-state index in [0.717, 1.165) is 30.4 Å². The van der Waals surface area contributed by atoms with Crippen molar-refractivity contribution < 1.29 is 9.59 Å². The van der Waals surface area contributed by atoms with E-state index >= 15 is 0 Å². The van der Waals surface area contributed by atoms with Gasteiger partial charge in [-0.25, -0.2) is 0 Å². The molecule has 0 saturated carbocycles. The lowest BCUT2D eigenvalue weighted by Crippen LogP contribution is -2.40. The number of amides is 2. The van der Waals surface area contributed by atoms with Crippen LogP contribution in [0.3, 0.4) is 0 Å². The summed E-state index contributed by atoms with van der Waals surface area (Å²) < 4.78 is 0. The summed E-state index contributed by atoms with van der Waals surface area (Å²) in [7, 11) is 0. The molecule has 1 heterocycles. The van der Waals surface area contributed by atoms with E-state index in [9.17, 15) is 9.59 Å². The van der Waals surface area contributed by atoms with Crippen molar-refractivity contribution in [1.29, 1.82) is 0 Å². The minimum atomic E-state index is -0.642. The second kappa shape index (κ2) is 6.33. The number of nitrogens with zero attached hydrogens (tertiary/aromatic N) is 1. The minimum Gasteiger partial charge on any atom is -0.277 e. The molecular formula is C24H27NO2. The number of benzene rings is 2. The fraction of sp³-hybridized carbons (Fsp3) is 0.417. The molecule has 0 aromatic heterocycles. The molecule has 2 aromatic rings. The van der Waals surface area contributed by atoms with Gasteiger partial charge < -0.3 is 0 Å². The summed E-state index contributed by atoms with van der Waals surface area (Å²) in [6.07, 6.45) is 3.04. The number of fused-ring (bicyclic) bond motifs is 2. The zero-order valence-electron chi connectivity index (χ0n) is 16.4. The van der Waals surface area contributed by atoms with Crippen molar-refractivity contribution in [1.82, 2.24) is 4.90 Å². The Morgan fingerprint density at radius 1 is 1.00 bits per heavy atom. The Morgan fingerprint density at radius 2 is 1.70 bits per heavy atom. The molecule has 1 aliphatic carbocycles. The van der Waals surface area contributed by atoms with Crippen LogP contribution in [-0.2, 0) is 33.4 Å². The van der Waals surface area contributed by atoms with Crippen LogP contribution in [0.15, 0.2) is 48.5 Å². The number of imide groups is 1. The standard InChI is InChI=1S/C24H27NO2/c1-23(2,3)19-12-10-17(11-13-19)16-25-21(26)15-24(22(25)27)14-6-8-18-7-4-5-9-20(18)24/h4-5,7,9-13H,6,8,14-16H2,1-3H3/t24-/m0/s1. The van der Waals surface area contributed by atoms with Crippen molar-refractivity contribution in [3.8, 4) is 0 Å². The van der Waals surface area contributed by atoms with E-state index in [1.807, 2.05) is 30.3 Å². The lowest BCUT2D eigenvalue weighted by molar-refractivity contribution is -0.140. The van der Waals surface area contributed by atoms with Gasteiger partial charge in [-0.1, -0.05) is 69.3 Å². The van der Waals surface area contributed by atoms with Crippen LogP contribution in [0.2, 0.25) is 0 Å². The average molecular weight is 361 g/mol. The summed E-state index contributed by atoms with van der Waals surface area (Å²) >= 11 is 0. The van der Waals surface area contributed by atoms with E-state index in [0.29, 0.717) is 13.0 Å². The Labute approximate surface area is 161 Å². The van der Waals surface area contributed by atoms with E-state index < -0.39 is 5.41 Å². The molecule has 2 aliphatic rings. The molecule has 27 heavy (non-hydrogen) atoms. The number of hydrogen-bond donors (Lipinski definition) is 0. The Balaban J connectivity index is 1.61. The molecule has 4 rings (SSSR count). The molecule has 0 unspecified atom stereocenters. The van der Waals surface area contributed by atoms with E-state index in [2.05, 4.69) is 39.0 Å². The third kappa shape index (κ3) is 2.99. The first kappa shape index (κ1) is 18.0. The SMILES string of the molecule is CC(C)(C)c1ccc(CN2C(=O)C[C@]3(CCCc4ccccc43)C2=O)cc1. The maximum absolute atomic E-state index is 13.4. The van der Waals surface area contributed by atoms with Gasteiger partial charge in [0.05, 0.1) is 12.0 Å². The molecule has 2 aromatic carbocycles. The molecule has 1 saturated heterocycles. The molecule has 3 heteroatoms. The first-order chi connectivity index (χ1) is 12.8. The van der Waals surface area contributed by atoms with Gasteiger partial charge in [0.25, 0.3) is 0 Å². The molecule has 140 valence electrons. The van der Waals surface area contributed by atoms with Gasteiger partial charge in [0.2, 0.25) is 11.8 Å². The third-order valence-corrected chi connectivity index (χ3v) is 6.15. The highest BCUT2D eigenvalue weighted by Gasteiger charge is 2.53. The summed E-state index contributed by atoms with van der Waals surface area (Å²) in [6, 6.07) is 16.4. The van der Waals surface area contributed by atoms with Crippen LogP contribution in [-0.4, -0.2) is 16.7 Å². The lowest BCUT2D eigenvalue weighted by atomic mass is 9.69. The van der Waals surface area contributed by atoms with Crippen molar-refractivity contribution >= 4 is 11.8 Å². The normalized spacial score (nSPS) is 22.4. The predicted molar refractivity (Wildman–Crippen MR) is 106 cm³/mol. The highest BCUT2D eigenvalue weighted by molar-refractivity contribution is 6.09. The second-order valence-electron chi connectivity index (χ2n) is 9.00. The second-order valence-corrected chi connectivity index (χ2v) is 9.00. The predicted octanol–water partition coefficient (Wildman–Crippen LogP) is 4.52. The molecule has 2 amide bonds. The van der Waals surface area contributed by atoms with Crippen LogP contribution in [0.25, 0.3) is 0 Å². The smallest absolute Gasteiger partial charge is 0.240 e. The number of likely N-dealkylation sites (tertiary alicyclic amines) is 1. The topological polar surface area (TPSA) is 37.4 Å². The van der Waals surface area contributed by atoms with Crippen molar-refractivity contribution in [2.24, 2.45) is 0 Å². The number of carbonyl (C=O) groups is 2. The zero-order chi connectivity index (χ0) is 19.2. The summed E-state index contributed by atoms with van der Waals surface area (Å²) in [4.78, 5) is 27.7. The molecule has 0 N–H and O–H groups in total. The molecular weight excluding hydrogens is 334 g/mol. The van der Waals surface area contributed by atoms with Gasteiger partial charge in [0.1, 0.15) is 0 Å². The monoisotopic (exact) mass is 361 g/mol. The number of aryl methyl sites for hydroxylation is 1.